The molecule has 1 unspecified atom stereocenters. The Hall–Kier alpha value is -4.19. The summed E-state index contributed by atoms with van der Waals surface area (Å²) in [6.45, 7) is 1.41. The molecular formula is C25H24F3N5O4. The molecule has 1 atom stereocenters. The second-order valence-corrected chi connectivity index (χ2v) is 8.71. The SMILES string of the molecule is CC(O)c1ccc(Oc2ccc(CNC(=O)C3(NC(=O)c4ccc(N)nc4)CC3)nc2)c(C(F)(F)F)c1. The van der Waals surface area contributed by atoms with Crippen LogP contribution in [0.3, 0.4) is 0 Å². The third-order valence-corrected chi connectivity index (χ3v) is 5.83. The minimum Gasteiger partial charge on any atom is -0.455 e. The average molecular weight is 515 g/mol. The maximum atomic E-state index is 13.5. The molecule has 1 aliphatic rings. The van der Waals surface area contributed by atoms with Crippen molar-refractivity contribution in [2.45, 2.75) is 44.1 Å². The number of pyridine rings is 2. The van der Waals surface area contributed by atoms with E-state index in [1.807, 2.05) is 0 Å². The molecule has 1 saturated carbocycles. The van der Waals surface area contributed by atoms with E-state index in [1.165, 1.54) is 49.6 Å². The first-order chi connectivity index (χ1) is 17.5. The van der Waals surface area contributed by atoms with Gasteiger partial charge in [0.15, 0.2) is 0 Å². The predicted octanol–water partition coefficient (Wildman–Crippen LogP) is 3.50. The maximum Gasteiger partial charge on any atom is 0.419 e. The second kappa shape index (κ2) is 10.1. The number of hydrogen-bond donors (Lipinski definition) is 4. The fourth-order valence-corrected chi connectivity index (χ4v) is 3.52. The fourth-order valence-electron chi connectivity index (χ4n) is 3.52. The van der Waals surface area contributed by atoms with Crippen LogP contribution in [0.4, 0.5) is 19.0 Å². The normalized spacial score (nSPS) is 14.9. The molecule has 0 spiro atoms. The molecule has 12 heteroatoms. The maximum absolute atomic E-state index is 13.5. The van der Waals surface area contributed by atoms with Gasteiger partial charge in [0.05, 0.1) is 35.7 Å². The molecular weight excluding hydrogens is 491 g/mol. The van der Waals surface area contributed by atoms with Crippen LogP contribution in [0.2, 0.25) is 0 Å². The molecule has 1 fully saturated rings. The van der Waals surface area contributed by atoms with E-state index in [4.69, 9.17) is 10.5 Å². The first kappa shape index (κ1) is 25.9. The number of carbonyl (C=O) groups excluding carboxylic acids is 2. The lowest BCUT2D eigenvalue weighted by Gasteiger charge is -2.17. The number of aromatic nitrogens is 2. The fraction of sp³-hybridized carbons (Fsp3) is 0.280. The van der Waals surface area contributed by atoms with E-state index >= 15 is 0 Å². The highest BCUT2D eigenvalue weighted by Crippen LogP contribution is 2.39. The number of rotatable bonds is 8. The summed E-state index contributed by atoms with van der Waals surface area (Å²) in [7, 11) is 0. The van der Waals surface area contributed by atoms with Gasteiger partial charge in [-0.15, -0.1) is 0 Å². The van der Waals surface area contributed by atoms with Gasteiger partial charge < -0.3 is 26.2 Å². The molecule has 1 aliphatic carbocycles. The molecule has 1 aromatic carbocycles. The van der Waals surface area contributed by atoms with Gasteiger partial charge in [-0.05, 0) is 61.7 Å². The number of ether oxygens (including phenoxy) is 1. The van der Waals surface area contributed by atoms with Crippen LogP contribution in [0.15, 0.2) is 54.9 Å². The van der Waals surface area contributed by atoms with Crippen molar-refractivity contribution in [3.63, 3.8) is 0 Å². The number of nitrogens with zero attached hydrogens (tertiary/aromatic N) is 2. The van der Waals surface area contributed by atoms with E-state index in [9.17, 15) is 27.9 Å². The zero-order valence-corrected chi connectivity index (χ0v) is 19.7. The molecule has 0 radical (unpaired) electrons. The number of nitrogens with two attached hydrogens (primary N) is 1. The smallest absolute Gasteiger partial charge is 0.419 e. The predicted molar refractivity (Wildman–Crippen MR) is 126 cm³/mol. The molecule has 2 amide bonds. The minimum absolute atomic E-state index is 0.0387. The summed E-state index contributed by atoms with van der Waals surface area (Å²) in [6.07, 6.45) is -2.23. The van der Waals surface area contributed by atoms with Gasteiger partial charge in [0.25, 0.3) is 5.91 Å². The van der Waals surface area contributed by atoms with Crippen LogP contribution in [-0.2, 0) is 17.5 Å². The number of hydrogen-bond acceptors (Lipinski definition) is 7. The lowest BCUT2D eigenvalue weighted by molar-refractivity contribution is -0.138. The largest absolute Gasteiger partial charge is 0.455 e. The summed E-state index contributed by atoms with van der Waals surface area (Å²) in [5.74, 6) is -0.913. The summed E-state index contributed by atoms with van der Waals surface area (Å²) in [6, 6.07) is 9.27. The Bertz CT molecular complexity index is 1290. The molecule has 37 heavy (non-hydrogen) atoms. The van der Waals surface area contributed by atoms with Crippen molar-refractivity contribution in [1.29, 1.82) is 0 Å². The molecule has 2 aromatic heterocycles. The number of halogens is 3. The lowest BCUT2D eigenvalue weighted by atomic mass is 10.1. The number of nitrogens with one attached hydrogen (secondary N) is 2. The number of anilines is 1. The standard InChI is InChI=1S/C25H24F3N5O4/c1-14(34)15-2-6-20(19(10-15)25(26,27)28)37-18-5-4-17(30-13-18)12-32-23(36)24(8-9-24)33-22(35)16-3-7-21(29)31-11-16/h2-7,10-11,13-14,34H,8-9,12H2,1H3,(H2,29,31)(H,32,36)(H,33,35). The zero-order chi connectivity index (χ0) is 26.8. The van der Waals surface area contributed by atoms with Crippen molar-refractivity contribution in [2.75, 3.05) is 5.73 Å². The van der Waals surface area contributed by atoms with Crippen molar-refractivity contribution in [3.05, 3.63) is 77.2 Å². The zero-order valence-electron chi connectivity index (χ0n) is 19.7. The Balaban J connectivity index is 1.36. The van der Waals surface area contributed by atoms with E-state index in [0.717, 1.165) is 12.1 Å². The highest BCUT2D eigenvalue weighted by molar-refractivity contribution is 6.00. The average Bonchev–Trinajstić information content (AvgIpc) is 3.64. The Morgan fingerprint density at radius 3 is 2.46 bits per heavy atom. The van der Waals surface area contributed by atoms with Gasteiger partial charge in [-0.1, -0.05) is 6.07 Å². The van der Waals surface area contributed by atoms with Crippen molar-refractivity contribution < 1.29 is 32.6 Å². The first-order valence-electron chi connectivity index (χ1n) is 11.3. The number of benzene rings is 1. The van der Waals surface area contributed by atoms with Gasteiger partial charge in [-0.2, -0.15) is 13.2 Å². The van der Waals surface area contributed by atoms with Crippen LogP contribution in [0.1, 0.15) is 53.0 Å². The minimum atomic E-state index is -4.68. The van der Waals surface area contributed by atoms with E-state index in [0.29, 0.717) is 18.5 Å². The molecule has 2 heterocycles. The highest BCUT2D eigenvalue weighted by atomic mass is 19.4. The van der Waals surface area contributed by atoms with Crippen LogP contribution < -0.4 is 21.1 Å². The summed E-state index contributed by atoms with van der Waals surface area (Å²) in [5, 5.41) is 15.0. The second-order valence-electron chi connectivity index (χ2n) is 8.71. The van der Waals surface area contributed by atoms with Crippen molar-refractivity contribution in [3.8, 4) is 11.5 Å². The summed E-state index contributed by atoms with van der Waals surface area (Å²) in [5.41, 5.74) is 4.31. The van der Waals surface area contributed by atoms with Gasteiger partial charge >= 0.3 is 6.18 Å². The topological polar surface area (TPSA) is 139 Å². The molecule has 9 nitrogen and oxygen atoms in total. The van der Waals surface area contributed by atoms with E-state index in [-0.39, 0.29) is 35.1 Å². The number of carbonyl (C=O) groups is 2. The number of aliphatic hydroxyl groups is 1. The summed E-state index contributed by atoms with van der Waals surface area (Å²) in [4.78, 5) is 33.1. The van der Waals surface area contributed by atoms with Crippen LogP contribution in [-0.4, -0.2) is 32.4 Å². The van der Waals surface area contributed by atoms with Crippen LogP contribution in [0, 0.1) is 0 Å². The van der Waals surface area contributed by atoms with Gasteiger partial charge in [-0.3, -0.25) is 14.6 Å². The monoisotopic (exact) mass is 515 g/mol. The van der Waals surface area contributed by atoms with Crippen molar-refractivity contribution in [1.82, 2.24) is 20.6 Å². The molecule has 0 aliphatic heterocycles. The van der Waals surface area contributed by atoms with E-state index in [1.54, 1.807) is 0 Å². The molecule has 0 bridgehead atoms. The van der Waals surface area contributed by atoms with Gasteiger partial charge in [-0.25, -0.2) is 4.98 Å². The van der Waals surface area contributed by atoms with E-state index in [2.05, 4.69) is 20.6 Å². The third kappa shape index (κ3) is 6.15. The van der Waals surface area contributed by atoms with Crippen molar-refractivity contribution >= 4 is 17.6 Å². The lowest BCUT2D eigenvalue weighted by Crippen LogP contribution is -2.48. The van der Waals surface area contributed by atoms with Crippen molar-refractivity contribution in [2.24, 2.45) is 0 Å². The molecule has 3 aromatic rings. The Labute approximate surface area is 209 Å². The number of alkyl halides is 3. The molecule has 194 valence electrons. The molecule has 5 N–H and O–H groups in total. The third-order valence-electron chi connectivity index (χ3n) is 5.83. The Kier molecular flexibility index (Phi) is 7.03. The summed E-state index contributed by atoms with van der Waals surface area (Å²) < 4.78 is 45.8. The molecule has 0 saturated heterocycles. The Morgan fingerprint density at radius 1 is 1.14 bits per heavy atom. The van der Waals surface area contributed by atoms with E-state index < -0.39 is 35.0 Å². The molecule has 4 rings (SSSR count). The van der Waals surface area contributed by atoms with Crippen LogP contribution in [0.25, 0.3) is 0 Å². The summed E-state index contributed by atoms with van der Waals surface area (Å²) >= 11 is 0. The number of aliphatic hydroxyl groups excluding tert-OH is 1. The van der Waals surface area contributed by atoms with Gasteiger partial charge in [0, 0.05) is 6.20 Å². The van der Waals surface area contributed by atoms with Crippen LogP contribution in [0.5, 0.6) is 11.5 Å². The van der Waals surface area contributed by atoms with Gasteiger partial charge in [0.1, 0.15) is 22.9 Å². The van der Waals surface area contributed by atoms with Crippen LogP contribution >= 0.6 is 0 Å². The van der Waals surface area contributed by atoms with Gasteiger partial charge in [0.2, 0.25) is 5.91 Å². The first-order valence-corrected chi connectivity index (χ1v) is 11.3. The number of nitrogen functional groups attached to an aromatic ring is 1. The Morgan fingerprint density at radius 2 is 1.89 bits per heavy atom. The number of amides is 2. The quantitative estimate of drug-likeness (QED) is 0.360. The highest BCUT2D eigenvalue weighted by Gasteiger charge is 2.51.